The van der Waals surface area contributed by atoms with Gasteiger partial charge in [-0.25, -0.2) is 0 Å². The summed E-state index contributed by atoms with van der Waals surface area (Å²) < 4.78 is 4.98. The average molecular weight is 270 g/mol. The van der Waals surface area contributed by atoms with Crippen LogP contribution in [0.1, 0.15) is 12.0 Å². The van der Waals surface area contributed by atoms with Crippen LogP contribution in [0.3, 0.4) is 0 Å². The standard InChI is InChI=1S/C13H16ClNO3/c1-18-12-3-2-9(6-11(12)16)4-5-15-8-10(14)7-13(15)17/h2-3,6,10,16H,4-5,7-8H2,1H3. The second kappa shape index (κ2) is 5.48. The molecule has 0 bridgehead atoms. The van der Waals surface area contributed by atoms with Gasteiger partial charge in [0, 0.05) is 19.5 Å². The van der Waals surface area contributed by atoms with Crippen LogP contribution in [0.5, 0.6) is 11.5 Å². The highest BCUT2D eigenvalue weighted by Gasteiger charge is 2.27. The Morgan fingerprint density at radius 2 is 2.33 bits per heavy atom. The van der Waals surface area contributed by atoms with Crippen molar-refractivity contribution in [1.82, 2.24) is 4.90 Å². The first kappa shape index (κ1) is 13.0. The Balaban J connectivity index is 1.94. The Kier molecular flexibility index (Phi) is 3.97. The normalized spacial score (nSPS) is 19.3. The summed E-state index contributed by atoms with van der Waals surface area (Å²) in [6.45, 7) is 1.25. The van der Waals surface area contributed by atoms with Crippen LogP contribution in [0, 0.1) is 0 Å². The van der Waals surface area contributed by atoms with E-state index in [2.05, 4.69) is 0 Å². The van der Waals surface area contributed by atoms with E-state index in [9.17, 15) is 9.90 Å². The fraction of sp³-hybridized carbons (Fsp3) is 0.462. The molecule has 0 aliphatic carbocycles. The minimum Gasteiger partial charge on any atom is -0.504 e. The lowest BCUT2D eigenvalue weighted by Gasteiger charge is -2.15. The number of amides is 1. The fourth-order valence-corrected chi connectivity index (χ4v) is 2.39. The van der Waals surface area contributed by atoms with Gasteiger partial charge in [-0.15, -0.1) is 11.6 Å². The number of nitrogens with zero attached hydrogens (tertiary/aromatic N) is 1. The van der Waals surface area contributed by atoms with Crippen molar-refractivity contribution in [1.29, 1.82) is 0 Å². The summed E-state index contributed by atoms with van der Waals surface area (Å²) in [6, 6.07) is 5.27. The molecule has 1 N–H and O–H groups in total. The van der Waals surface area contributed by atoms with E-state index in [-0.39, 0.29) is 17.0 Å². The zero-order valence-corrected chi connectivity index (χ0v) is 11.0. The van der Waals surface area contributed by atoms with Crippen LogP contribution >= 0.6 is 11.6 Å². The maximum absolute atomic E-state index is 11.5. The molecular formula is C13H16ClNO3. The monoisotopic (exact) mass is 269 g/mol. The predicted molar refractivity (Wildman–Crippen MR) is 69.2 cm³/mol. The minimum absolute atomic E-state index is 0.0678. The third-order valence-corrected chi connectivity index (χ3v) is 3.37. The van der Waals surface area contributed by atoms with Gasteiger partial charge in [-0.3, -0.25) is 4.79 Å². The largest absolute Gasteiger partial charge is 0.504 e. The van der Waals surface area contributed by atoms with Crippen LogP contribution in [0.15, 0.2) is 18.2 Å². The number of phenols is 1. The molecule has 2 rings (SSSR count). The molecule has 1 aliphatic heterocycles. The van der Waals surface area contributed by atoms with Crippen molar-refractivity contribution < 1.29 is 14.6 Å². The smallest absolute Gasteiger partial charge is 0.224 e. The second-order valence-electron chi connectivity index (χ2n) is 4.40. The molecular weight excluding hydrogens is 254 g/mol. The van der Waals surface area contributed by atoms with Gasteiger partial charge in [-0.1, -0.05) is 6.07 Å². The summed E-state index contributed by atoms with van der Waals surface area (Å²) in [5.74, 6) is 0.683. The molecule has 4 nitrogen and oxygen atoms in total. The first-order valence-corrected chi connectivity index (χ1v) is 6.31. The number of likely N-dealkylation sites (tertiary alicyclic amines) is 1. The van der Waals surface area contributed by atoms with Crippen molar-refractivity contribution in [2.75, 3.05) is 20.2 Å². The number of halogens is 1. The molecule has 1 aliphatic rings. The molecule has 1 amide bonds. The van der Waals surface area contributed by atoms with E-state index in [1.807, 2.05) is 6.07 Å². The van der Waals surface area contributed by atoms with Crippen LogP contribution in [0.2, 0.25) is 0 Å². The van der Waals surface area contributed by atoms with Crippen molar-refractivity contribution in [3.63, 3.8) is 0 Å². The molecule has 0 saturated carbocycles. The van der Waals surface area contributed by atoms with Crippen molar-refractivity contribution in [3.05, 3.63) is 23.8 Å². The Labute approximate surface area is 111 Å². The minimum atomic E-state index is -0.0678. The fourth-order valence-electron chi connectivity index (χ4n) is 2.10. The lowest BCUT2D eigenvalue weighted by atomic mass is 10.1. The van der Waals surface area contributed by atoms with E-state index in [0.29, 0.717) is 31.7 Å². The van der Waals surface area contributed by atoms with Gasteiger partial charge in [-0.2, -0.15) is 0 Å². The summed E-state index contributed by atoms with van der Waals surface area (Å²) in [6.07, 6.45) is 1.13. The topological polar surface area (TPSA) is 49.8 Å². The molecule has 0 spiro atoms. The third-order valence-electron chi connectivity index (χ3n) is 3.08. The Hall–Kier alpha value is -1.42. The molecule has 1 heterocycles. The highest BCUT2D eigenvalue weighted by Crippen LogP contribution is 2.26. The zero-order chi connectivity index (χ0) is 13.1. The summed E-state index contributed by atoms with van der Waals surface area (Å²) >= 11 is 5.93. The zero-order valence-electron chi connectivity index (χ0n) is 10.2. The van der Waals surface area contributed by atoms with Gasteiger partial charge in [0.05, 0.1) is 12.5 Å². The highest BCUT2D eigenvalue weighted by atomic mass is 35.5. The average Bonchev–Trinajstić information content (AvgIpc) is 2.65. The molecule has 1 fully saturated rings. The van der Waals surface area contributed by atoms with Crippen LogP contribution < -0.4 is 4.74 Å². The summed E-state index contributed by atoms with van der Waals surface area (Å²) in [7, 11) is 1.51. The Bertz CT molecular complexity index is 450. The molecule has 18 heavy (non-hydrogen) atoms. The van der Waals surface area contributed by atoms with Gasteiger partial charge in [0.1, 0.15) is 0 Å². The van der Waals surface area contributed by atoms with E-state index >= 15 is 0 Å². The molecule has 1 unspecified atom stereocenters. The lowest BCUT2D eigenvalue weighted by molar-refractivity contribution is -0.127. The first-order chi connectivity index (χ1) is 8.60. The van der Waals surface area contributed by atoms with Gasteiger partial charge in [0.2, 0.25) is 5.91 Å². The van der Waals surface area contributed by atoms with Crippen LogP contribution in [0.25, 0.3) is 0 Å². The summed E-state index contributed by atoms with van der Waals surface area (Å²) in [5, 5.41) is 9.58. The summed E-state index contributed by atoms with van der Waals surface area (Å²) in [5.41, 5.74) is 0.971. The number of hydrogen-bond acceptors (Lipinski definition) is 3. The summed E-state index contributed by atoms with van der Waals surface area (Å²) in [4.78, 5) is 13.3. The molecule has 0 radical (unpaired) electrons. The quantitative estimate of drug-likeness (QED) is 0.848. The third kappa shape index (κ3) is 2.88. The van der Waals surface area contributed by atoms with Crippen LogP contribution in [-0.2, 0) is 11.2 Å². The van der Waals surface area contributed by atoms with E-state index in [4.69, 9.17) is 16.3 Å². The maximum atomic E-state index is 11.5. The van der Waals surface area contributed by atoms with Crippen LogP contribution in [-0.4, -0.2) is 41.5 Å². The Morgan fingerprint density at radius 1 is 1.56 bits per heavy atom. The van der Waals surface area contributed by atoms with Gasteiger partial charge in [-0.05, 0) is 24.1 Å². The highest BCUT2D eigenvalue weighted by molar-refractivity contribution is 6.22. The van der Waals surface area contributed by atoms with E-state index in [0.717, 1.165) is 5.56 Å². The number of hydrogen-bond donors (Lipinski definition) is 1. The van der Waals surface area contributed by atoms with Crippen molar-refractivity contribution >= 4 is 17.5 Å². The number of phenolic OH excluding ortho intramolecular Hbond substituents is 1. The van der Waals surface area contributed by atoms with Gasteiger partial charge in [0.25, 0.3) is 0 Å². The number of carbonyl (C=O) groups is 1. The number of carbonyl (C=O) groups excluding carboxylic acids is 1. The maximum Gasteiger partial charge on any atom is 0.224 e. The number of ether oxygens (including phenoxy) is 1. The number of methoxy groups -OCH3 is 1. The molecule has 1 saturated heterocycles. The van der Waals surface area contributed by atoms with E-state index in [1.165, 1.54) is 7.11 Å². The van der Waals surface area contributed by atoms with Crippen molar-refractivity contribution in [2.45, 2.75) is 18.2 Å². The molecule has 98 valence electrons. The second-order valence-corrected chi connectivity index (χ2v) is 5.01. The van der Waals surface area contributed by atoms with Gasteiger partial charge < -0.3 is 14.7 Å². The van der Waals surface area contributed by atoms with E-state index in [1.54, 1.807) is 17.0 Å². The lowest BCUT2D eigenvalue weighted by Crippen LogP contribution is -2.27. The molecule has 1 atom stereocenters. The van der Waals surface area contributed by atoms with Crippen LogP contribution in [0.4, 0.5) is 0 Å². The van der Waals surface area contributed by atoms with Crippen molar-refractivity contribution in [2.24, 2.45) is 0 Å². The van der Waals surface area contributed by atoms with E-state index < -0.39 is 0 Å². The molecule has 0 aromatic heterocycles. The number of alkyl halides is 1. The molecule has 1 aromatic carbocycles. The Morgan fingerprint density at radius 3 is 2.89 bits per heavy atom. The number of rotatable bonds is 4. The first-order valence-electron chi connectivity index (χ1n) is 5.88. The van der Waals surface area contributed by atoms with Crippen molar-refractivity contribution in [3.8, 4) is 11.5 Å². The van der Waals surface area contributed by atoms with Gasteiger partial charge in [0.15, 0.2) is 11.5 Å². The SMILES string of the molecule is COc1ccc(CCN2CC(Cl)CC2=O)cc1O. The molecule has 5 heteroatoms. The van der Waals surface area contributed by atoms with Gasteiger partial charge >= 0.3 is 0 Å². The predicted octanol–water partition coefficient (Wildman–Crippen LogP) is 1.78. The number of aromatic hydroxyl groups is 1. The number of benzene rings is 1. The molecule has 1 aromatic rings.